The molecule has 0 aliphatic rings. The molecule has 2 heterocycles. The van der Waals surface area contributed by atoms with Crippen molar-refractivity contribution in [2.45, 2.75) is 6.92 Å². The molecule has 2 rings (SSSR count). The van der Waals surface area contributed by atoms with Gasteiger partial charge in [0.25, 0.3) is 5.91 Å². The highest BCUT2D eigenvalue weighted by Crippen LogP contribution is 2.12. The lowest BCUT2D eigenvalue weighted by atomic mass is 10.3. The molecule has 0 aliphatic carbocycles. The molecule has 0 saturated carbocycles. The number of aliphatic hydroxyl groups is 1. The molecule has 0 unspecified atom stereocenters. The lowest BCUT2D eigenvalue weighted by molar-refractivity contribution is 0.102. The van der Waals surface area contributed by atoms with Crippen LogP contribution in [-0.4, -0.2) is 32.2 Å². The fourth-order valence-electron chi connectivity index (χ4n) is 1.32. The van der Waals surface area contributed by atoms with Crippen molar-refractivity contribution in [1.29, 1.82) is 0 Å². The van der Waals surface area contributed by atoms with Gasteiger partial charge in [0.15, 0.2) is 0 Å². The molecule has 7 heteroatoms. The summed E-state index contributed by atoms with van der Waals surface area (Å²) in [6, 6.07) is 5.07. The molecule has 0 aromatic carbocycles. The largest absolute Gasteiger partial charge is 0.384 e. The predicted octanol–water partition coefficient (Wildman–Crippen LogP) is 0.838. The number of rotatable bonds is 2. The zero-order valence-corrected chi connectivity index (χ0v) is 10.9. The normalized spacial score (nSPS) is 9.58. The van der Waals surface area contributed by atoms with Gasteiger partial charge in [0, 0.05) is 0 Å². The van der Waals surface area contributed by atoms with Crippen LogP contribution in [0, 0.1) is 18.8 Å². The summed E-state index contributed by atoms with van der Waals surface area (Å²) in [4.78, 5) is 16.5. The number of pyridine rings is 1. The van der Waals surface area contributed by atoms with Crippen molar-refractivity contribution in [2.24, 2.45) is 0 Å². The number of aromatic nitrogens is 3. The molecule has 0 bridgehead atoms. The van der Waals surface area contributed by atoms with Gasteiger partial charge in [-0.05, 0) is 36.5 Å². The highest BCUT2D eigenvalue weighted by molar-refractivity contribution is 7.08. The van der Waals surface area contributed by atoms with E-state index in [-0.39, 0.29) is 12.5 Å². The van der Waals surface area contributed by atoms with Crippen molar-refractivity contribution in [2.75, 3.05) is 11.9 Å². The van der Waals surface area contributed by atoms with E-state index in [9.17, 15) is 4.79 Å². The number of hydrogen-bond acceptors (Lipinski definition) is 6. The van der Waals surface area contributed by atoms with Crippen molar-refractivity contribution in [3.05, 3.63) is 34.5 Å². The number of hydrogen-bond donors (Lipinski definition) is 2. The van der Waals surface area contributed by atoms with Crippen LogP contribution in [-0.2, 0) is 0 Å². The fourth-order valence-corrected chi connectivity index (χ4v) is 1.87. The van der Waals surface area contributed by atoms with E-state index in [0.29, 0.717) is 22.1 Å². The van der Waals surface area contributed by atoms with Crippen molar-refractivity contribution in [3.63, 3.8) is 0 Å². The summed E-state index contributed by atoms with van der Waals surface area (Å²) in [5.74, 6) is 5.26. The topological polar surface area (TPSA) is 88.0 Å². The number of aliphatic hydroxyl groups excluding tert-OH is 1. The average Bonchev–Trinajstić information content (AvgIpc) is 2.83. The molecule has 0 radical (unpaired) electrons. The molecular formula is C12H10N4O2S. The summed E-state index contributed by atoms with van der Waals surface area (Å²) < 4.78 is 3.70. The minimum atomic E-state index is -0.299. The molecule has 2 aromatic heterocycles. The van der Waals surface area contributed by atoms with E-state index in [1.807, 2.05) is 0 Å². The number of nitrogens with one attached hydrogen (secondary N) is 1. The highest BCUT2D eigenvalue weighted by atomic mass is 32.1. The van der Waals surface area contributed by atoms with Gasteiger partial charge in [-0.3, -0.25) is 4.79 Å². The Bertz CT molecular complexity index is 657. The van der Waals surface area contributed by atoms with Gasteiger partial charge >= 0.3 is 0 Å². The van der Waals surface area contributed by atoms with E-state index in [2.05, 4.69) is 31.7 Å². The summed E-state index contributed by atoms with van der Waals surface area (Å²) >= 11 is 1.03. The lowest BCUT2D eigenvalue weighted by Gasteiger charge is -2.02. The van der Waals surface area contributed by atoms with Gasteiger partial charge in [0.05, 0.1) is 5.69 Å². The van der Waals surface area contributed by atoms with Gasteiger partial charge < -0.3 is 10.4 Å². The Morgan fingerprint density at radius 2 is 2.37 bits per heavy atom. The zero-order valence-electron chi connectivity index (χ0n) is 10.0. The molecule has 96 valence electrons. The van der Waals surface area contributed by atoms with Gasteiger partial charge in [-0.25, -0.2) is 4.98 Å². The Labute approximate surface area is 113 Å². The van der Waals surface area contributed by atoms with E-state index in [4.69, 9.17) is 5.11 Å². The van der Waals surface area contributed by atoms with Crippen LogP contribution < -0.4 is 5.32 Å². The number of anilines is 1. The first kappa shape index (κ1) is 13.1. The maximum Gasteiger partial charge on any atom is 0.270 e. The summed E-state index contributed by atoms with van der Waals surface area (Å²) in [5, 5.41) is 15.0. The predicted molar refractivity (Wildman–Crippen MR) is 70.8 cm³/mol. The van der Waals surface area contributed by atoms with E-state index in [1.54, 1.807) is 25.1 Å². The Morgan fingerprint density at radius 3 is 3.05 bits per heavy atom. The zero-order chi connectivity index (χ0) is 13.7. The Hall–Kier alpha value is -2.30. The number of aryl methyl sites for hydroxylation is 1. The summed E-state index contributed by atoms with van der Waals surface area (Å²) in [6.07, 6.45) is 0. The van der Waals surface area contributed by atoms with E-state index < -0.39 is 0 Å². The SMILES string of the molecule is Cc1nnsc1C(=O)Nc1cccc(C#CCO)n1. The van der Waals surface area contributed by atoms with Crippen LogP contribution in [0.5, 0.6) is 0 Å². The first-order valence-electron chi connectivity index (χ1n) is 5.38. The Balaban J connectivity index is 2.15. The third-order valence-corrected chi connectivity index (χ3v) is 2.97. The van der Waals surface area contributed by atoms with Crippen LogP contribution in [0.1, 0.15) is 21.1 Å². The second kappa shape index (κ2) is 6.04. The van der Waals surface area contributed by atoms with Gasteiger partial charge in [-0.15, -0.1) is 5.10 Å². The standard InChI is InChI=1S/C12H10N4O2S/c1-8-11(19-16-15-8)12(18)14-10-6-2-4-9(13-10)5-3-7-17/h2,4,6,17H,7H2,1H3,(H,13,14,18). The maximum atomic E-state index is 11.9. The summed E-state index contributed by atoms with van der Waals surface area (Å²) in [6.45, 7) is 1.49. The highest BCUT2D eigenvalue weighted by Gasteiger charge is 2.13. The van der Waals surface area contributed by atoms with Crippen LogP contribution in [0.2, 0.25) is 0 Å². The number of amides is 1. The van der Waals surface area contributed by atoms with Crippen LogP contribution >= 0.6 is 11.5 Å². The number of carbonyl (C=O) groups excluding carboxylic acids is 1. The Kier molecular flexibility index (Phi) is 4.18. The molecule has 0 spiro atoms. The third-order valence-electron chi connectivity index (χ3n) is 2.14. The van der Waals surface area contributed by atoms with Gasteiger partial charge in [-0.1, -0.05) is 16.5 Å². The number of carbonyl (C=O) groups is 1. The Morgan fingerprint density at radius 1 is 1.53 bits per heavy atom. The summed E-state index contributed by atoms with van der Waals surface area (Å²) in [7, 11) is 0. The fraction of sp³-hybridized carbons (Fsp3) is 0.167. The quantitative estimate of drug-likeness (QED) is 0.792. The van der Waals surface area contributed by atoms with Gasteiger partial charge in [0.2, 0.25) is 0 Å². The molecule has 0 aliphatic heterocycles. The molecule has 0 atom stereocenters. The molecule has 0 fully saturated rings. The van der Waals surface area contributed by atoms with E-state index in [0.717, 1.165) is 11.5 Å². The number of nitrogens with zero attached hydrogens (tertiary/aromatic N) is 3. The second-order valence-corrected chi connectivity index (χ2v) is 4.26. The van der Waals surface area contributed by atoms with Crippen molar-refractivity contribution in [3.8, 4) is 11.8 Å². The van der Waals surface area contributed by atoms with Crippen LogP contribution in [0.4, 0.5) is 5.82 Å². The first-order chi connectivity index (χ1) is 9.20. The van der Waals surface area contributed by atoms with Gasteiger partial charge in [-0.2, -0.15) is 0 Å². The maximum absolute atomic E-state index is 11.9. The molecular weight excluding hydrogens is 264 g/mol. The molecule has 1 amide bonds. The lowest BCUT2D eigenvalue weighted by Crippen LogP contribution is -2.12. The minimum Gasteiger partial charge on any atom is -0.384 e. The monoisotopic (exact) mass is 274 g/mol. The molecule has 19 heavy (non-hydrogen) atoms. The van der Waals surface area contributed by atoms with Crippen LogP contribution in [0.15, 0.2) is 18.2 Å². The molecule has 0 saturated heterocycles. The van der Waals surface area contributed by atoms with Crippen molar-refractivity contribution in [1.82, 2.24) is 14.6 Å². The molecule has 2 N–H and O–H groups in total. The van der Waals surface area contributed by atoms with E-state index in [1.165, 1.54) is 0 Å². The van der Waals surface area contributed by atoms with Crippen molar-refractivity contribution < 1.29 is 9.90 Å². The summed E-state index contributed by atoms with van der Waals surface area (Å²) in [5.41, 5.74) is 1.06. The van der Waals surface area contributed by atoms with Crippen LogP contribution in [0.3, 0.4) is 0 Å². The van der Waals surface area contributed by atoms with Crippen LogP contribution in [0.25, 0.3) is 0 Å². The minimum absolute atomic E-state index is 0.232. The second-order valence-electron chi connectivity index (χ2n) is 3.51. The van der Waals surface area contributed by atoms with E-state index >= 15 is 0 Å². The van der Waals surface area contributed by atoms with Crippen molar-refractivity contribution >= 4 is 23.3 Å². The molecule has 6 nitrogen and oxygen atoms in total. The molecule has 2 aromatic rings. The first-order valence-corrected chi connectivity index (χ1v) is 6.15. The third kappa shape index (κ3) is 3.34. The van der Waals surface area contributed by atoms with Gasteiger partial charge in [0.1, 0.15) is 23.0 Å². The smallest absolute Gasteiger partial charge is 0.270 e. The average molecular weight is 274 g/mol.